The topological polar surface area (TPSA) is 141 Å². The highest BCUT2D eigenvalue weighted by atomic mass is 16.6. The number of anilines is 1. The van der Waals surface area contributed by atoms with Crippen molar-refractivity contribution in [2.75, 3.05) is 25.6 Å². The van der Waals surface area contributed by atoms with Gasteiger partial charge in [0, 0.05) is 19.6 Å². The molecule has 188 valence electrons. The maximum absolute atomic E-state index is 10.6. The lowest BCUT2D eigenvalue weighted by Gasteiger charge is -2.20. The van der Waals surface area contributed by atoms with Gasteiger partial charge in [0.15, 0.2) is 23.2 Å². The van der Waals surface area contributed by atoms with Gasteiger partial charge in [0.2, 0.25) is 0 Å². The third-order valence-electron chi connectivity index (χ3n) is 6.47. The Balaban J connectivity index is 1.47. The fourth-order valence-corrected chi connectivity index (χ4v) is 4.62. The van der Waals surface area contributed by atoms with Crippen molar-refractivity contribution in [1.82, 2.24) is 19.5 Å². The number of benzene rings is 2. The van der Waals surface area contributed by atoms with Crippen molar-refractivity contribution in [3.05, 3.63) is 83.9 Å². The second-order valence-electron chi connectivity index (χ2n) is 8.77. The predicted molar refractivity (Wildman–Crippen MR) is 134 cm³/mol. The van der Waals surface area contributed by atoms with Crippen molar-refractivity contribution < 1.29 is 19.7 Å². The Morgan fingerprint density at radius 1 is 1.03 bits per heavy atom. The molecule has 1 saturated heterocycles. The predicted octanol–water partition coefficient (Wildman–Crippen LogP) is 1.79. The quantitative estimate of drug-likeness (QED) is 0.276. The van der Waals surface area contributed by atoms with Crippen LogP contribution in [-0.2, 0) is 16.0 Å². The van der Waals surface area contributed by atoms with E-state index in [-0.39, 0.29) is 19.1 Å². The van der Waals surface area contributed by atoms with E-state index in [9.17, 15) is 10.2 Å². The molecule has 4 unspecified atom stereocenters. The molecule has 10 nitrogen and oxygen atoms in total. The number of imidazole rings is 1. The second kappa shape index (κ2) is 10.7. The number of aromatic nitrogens is 4. The molecule has 5 N–H and O–H groups in total. The molecule has 0 saturated carbocycles. The number of nitrogens with one attached hydrogen (secondary N) is 1. The van der Waals surface area contributed by atoms with Crippen molar-refractivity contribution in [3.63, 3.8) is 0 Å². The second-order valence-corrected chi connectivity index (χ2v) is 8.77. The van der Waals surface area contributed by atoms with E-state index in [0.29, 0.717) is 29.4 Å². The molecule has 0 aliphatic carbocycles. The van der Waals surface area contributed by atoms with Crippen LogP contribution >= 0.6 is 0 Å². The molecule has 0 bridgehead atoms. The van der Waals surface area contributed by atoms with Crippen molar-refractivity contribution in [2.24, 2.45) is 5.73 Å². The summed E-state index contributed by atoms with van der Waals surface area (Å²) in [6, 6.07) is 20.5. The molecule has 0 spiro atoms. The Morgan fingerprint density at radius 3 is 2.31 bits per heavy atom. The Bertz CT molecular complexity index is 1250. The zero-order chi connectivity index (χ0) is 25.1. The molecule has 10 heteroatoms. The number of hydrogen-bond acceptors (Lipinski definition) is 9. The lowest BCUT2D eigenvalue weighted by Crippen LogP contribution is -2.33. The van der Waals surface area contributed by atoms with E-state index in [2.05, 4.69) is 44.5 Å². The highest BCUT2D eigenvalue weighted by molar-refractivity contribution is 5.83. The van der Waals surface area contributed by atoms with Gasteiger partial charge < -0.3 is 30.7 Å². The molecule has 0 amide bonds. The van der Waals surface area contributed by atoms with Crippen molar-refractivity contribution in [3.8, 4) is 0 Å². The molecule has 1 aliphatic rings. The number of aliphatic hydroxyl groups is 2. The van der Waals surface area contributed by atoms with E-state index < -0.39 is 24.5 Å². The standard InChI is InChI=1S/C26H30N6O4/c1-35-14-19-22(33)23(34)26(36-19)32-15-29-21-24(30-20(12-27)31-25(21)32)28-13-18(16-8-4-2-5-9-16)17-10-6-3-7-11-17/h2-11,15,18-19,22-23,26,33-34H,12-14,27H2,1H3,(H,28,30,31). The Labute approximate surface area is 208 Å². The lowest BCUT2D eigenvalue weighted by molar-refractivity contribution is -0.0580. The fourth-order valence-electron chi connectivity index (χ4n) is 4.62. The zero-order valence-corrected chi connectivity index (χ0v) is 19.9. The maximum atomic E-state index is 10.6. The van der Waals surface area contributed by atoms with Crippen LogP contribution in [0.3, 0.4) is 0 Å². The molecule has 3 heterocycles. The molecule has 1 fully saturated rings. The summed E-state index contributed by atoms with van der Waals surface area (Å²) < 4.78 is 12.6. The van der Waals surface area contributed by atoms with Gasteiger partial charge in [-0.2, -0.15) is 0 Å². The normalized spacial score (nSPS) is 21.9. The van der Waals surface area contributed by atoms with Crippen LogP contribution in [0.4, 0.5) is 5.82 Å². The summed E-state index contributed by atoms with van der Waals surface area (Å²) in [7, 11) is 1.51. The van der Waals surface area contributed by atoms with Crippen molar-refractivity contribution >= 4 is 17.0 Å². The van der Waals surface area contributed by atoms with Crippen LogP contribution < -0.4 is 11.1 Å². The molecular formula is C26H30N6O4. The Hall–Kier alpha value is -3.41. The number of rotatable bonds is 9. The summed E-state index contributed by atoms with van der Waals surface area (Å²) in [5, 5.41) is 24.5. The summed E-state index contributed by atoms with van der Waals surface area (Å²) in [6.45, 7) is 0.839. The summed E-state index contributed by atoms with van der Waals surface area (Å²) in [4.78, 5) is 13.7. The fraction of sp³-hybridized carbons (Fsp3) is 0.346. The monoisotopic (exact) mass is 490 g/mol. The summed E-state index contributed by atoms with van der Waals surface area (Å²) in [6.07, 6.45) is -2.28. The first-order chi connectivity index (χ1) is 17.6. The average molecular weight is 491 g/mol. The largest absolute Gasteiger partial charge is 0.387 e. The first-order valence-corrected chi connectivity index (χ1v) is 11.9. The van der Waals surface area contributed by atoms with Crippen LogP contribution in [0.15, 0.2) is 67.0 Å². The van der Waals surface area contributed by atoms with E-state index in [1.54, 1.807) is 4.57 Å². The molecule has 36 heavy (non-hydrogen) atoms. The van der Waals surface area contributed by atoms with E-state index in [0.717, 1.165) is 0 Å². The number of aliphatic hydroxyl groups excluding tert-OH is 2. The number of ether oxygens (including phenoxy) is 2. The van der Waals surface area contributed by atoms with Crippen LogP contribution in [0.2, 0.25) is 0 Å². The average Bonchev–Trinajstić information content (AvgIpc) is 3.46. The van der Waals surface area contributed by atoms with E-state index in [1.807, 2.05) is 36.4 Å². The zero-order valence-electron chi connectivity index (χ0n) is 19.9. The maximum Gasteiger partial charge on any atom is 0.168 e. The molecule has 4 aromatic rings. The highest BCUT2D eigenvalue weighted by Gasteiger charge is 2.44. The van der Waals surface area contributed by atoms with Gasteiger partial charge in [0.25, 0.3) is 0 Å². The lowest BCUT2D eigenvalue weighted by atomic mass is 9.91. The molecule has 2 aromatic heterocycles. The van der Waals surface area contributed by atoms with Gasteiger partial charge in [-0.1, -0.05) is 60.7 Å². The molecule has 5 rings (SSSR count). The minimum atomic E-state index is -1.17. The molecule has 1 aliphatic heterocycles. The van der Waals surface area contributed by atoms with E-state index >= 15 is 0 Å². The van der Waals surface area contributed by atoms with Crippen LogP contribution in [0.1, 0.15) is 29.1 Å². The molecule has 0 radical (unpaired) electrons. The van der Waals surface area contributed by atoms with Crippen LogP contribution in [0.5, 0.6) is 0 Å². The SMILES string of the molecule is COCC1OC(n2cnc3c(NCC(c4ccccc4)c4ccccc4)nc(CN)nc32)C(O)C1O. The van der Waals surface area contributed by atoms with E-state index in [1.165, 1.54) is 24.6 Å². The molecule has 2 aromatic carbocycles. The molecule has 4 atom stereocenters. The summed E-state index contributed by atoms with van der Waals surface area (Å²) in [5.74, 6) is 1.03. The minimum absolute atomic E-state index is 0.0748. The Morgan fingerprint density at radius 2 is 1.69 bits per heavy atom. The Kier molecular flexibility index (Phi) is 7.21. The first kappa shape index (κ1) is 24.3. The smallest absolute Gasteiger partial charge is 0.168 e. The van der Waals surface area contributed by atoms with Gasteiger partial charge in [0.05, 0.1) is 19.5 Å². The van der Waals surface area contributed by atoms with Gasteiger partial charge in [-0.25, -0.2) is 15.0 Å². The number of nitrogens with zero attached hydrogens (tertiary/aromatic N) is 4. The van der Waals surface area contributed by atoms with Gasteiger partial charge in [-0.15, -0.1) is 0 Å². The van der Waals surface area contributed by atoms with Crippen LogP contribution in [0.25, 0.3) is 11.2 Å². The summed E-state index contributed by atoms with van der Waals surface area (Å²) in [5.41, 5.74) is 9.23. The van der Waals surface area contributed by atoms with Gasteiger partial charge >= 0.3 is 0 Å². The van der Waals surface area contributed by atoms with E-state index in [4.69, 9.17) is 15.2 Å². The van der Waals surface area contributed by atoms with Crippen molar-refractivity contribution in [1.29, 1.82) is 0 Å². The highest BCUT2D eigenvalue weighted by Crippen LogP contribution is 2.33. The number of hydrogen-bond donors (Lipinski definition) is 4. The third kappa shape index (κ3) is 4.69. The van der Waals surface area contributed by atoms with Crippen LogP contribution in [0, 0.1) is 0 Å². The van der Waals surface area contributed by atoms with Gasteiger partial charge in [-0.05, 0) is 11.1 Å². The van der Waals surface area contributed by atoms with Crippen molar-refractivity contribution in [2.45, 2.75) is 37.0 Å². The third-order valence-corrected chi connectivity index (χ3v) is 6.47. The number of fused-ring (bicyclic) bond motifs is 1. The number of nitrogens with two attached hydrogens (primary N) is 1. The minimum Gasteiger partial charge on any atom is -0.387 e. The molecular weight excluding hydrogens is 460 g/mol. The first-order valence-electron chi connectivity index (χ1n) is 11.9. The van der Waals surface area contributed by atoms with Crippen LogP contribution in [-0.4, -0.2) is 68.3 Å². The van der Waals surface area contributed by atoms with Gasteiger partial charge in [-0.3, -0.25) is 4.57 Å². The van der Waals surface area contributed by atoms with Gasteiger partial charge in [0.1, 0.15) is 24.1 Å². The number of methoxy groups -OCH3 is 1. The summed E-state index contributed by atoms with van der Waals surface area (Å²) >= 11 is 0.